The normalized spacial score (nSPS) is 15.7. The van der Waals surface area contributed by atoms with E-state index >= 15 is 0 Å². The molecule has 2 heterocycles. The number of rotatable bonds is 36. The minimum atomic E-state index is -0.810. The van der Waals surface area contributed by atoms with Crippen molar-refractivity contribution in [2.24, 2.45) is 0 Å². The van der Waals surface area contributed by atoms with Crippen LogP contribution in [-0.2, 0) is 46.2 Å². The summed E-state index contributed by atoms with van der Waals surface area (Å²) in [4.78, 5) is 62.1. The number of aryl methyl sites for hydroxylation is 2. The number of hydrogen-bond acceptors (Lipinski definition) is 19. The number of carbonyl (C=O) groups is 4. The van der Waals surface area contributed by atoms with Gasteiger partial charge in [-0.2, -0.15) is 0 Å². The van der Waals surface area contributed by atoms with Gasteiger partial charge in [0.1, 0.15) is 49.0 Å². The molecule has 21 heteroatoms. The molecule has 2 saturated heterocycles. The number of esters is 2. The third kappa shape index (κ3) is 18.7. The lowest BCUT2D eigenvalue weighted by Gasteiger charge is -2.37. The number of likely N-dealkylation sites (tertiary alicyclic amines) is 2. The Morgan fingerprint density at radius 1 is 0.402 bits per heavy atom. The molecule has 524 valence electrons. The summed E-state index contributed by atoms with van der Waals surface area (Å²) < 4.78 is 87.5. The smallest absolute Gasteiger partial charge is 0.329 e. The molecule has 2 aliphatic heterocycles. The van der Waals surface area contributed by atoms with Crippen LogP contribution >= 0.6 is 0 Å². The predicted octanol–water partition coefficient (Wildman–Crippen LogP) is 12.8. The first-order valence-electron chi connectivity index (χ1n) is 33.3. The van der Waals surface area contributed by atoms with Crippen LogP contribution in [0, 0.1) is 0 Å². The van der Waals surface area contributed by atoms with Gasteiger partial charge in [-0.1, -0.05) is 50.2 Å². The average molecular weight is 1340 g/mol. The Morgan fingerprint density at radius 3 is 1.11 bits per heavy atom. The highest BCUT2D eigenvalue weighted by molar-refractivity contribution is 5.90. The quantitative estimate of drug-likeness (QED) is 0.0264. The number of amides is 2. The largest absolute Gasteiger partial charge is 0.493 e. The van der Waals surface area contributed by atoms with E-state index in [0.29, 0.717) is 145 Å². The van der Waals surface area contributed by atoms with Crippen molar-refractivity contribution in [2.75, 3.05) is 111 Å². The van der Waals surface area contributed by atoms with Gasteiger partial charge in [-0.25, -0.2) is 9.59 Å². The van der Waals surface area contributed by atoms with Crippen molar-refractivity contribution in [3.63, 3.8) is 0 Å². The van der Waals surface area contributed by atoms with Crippen LogP contribution in [0.2, 0.25) is 0 Å². The van der Waals surface area contributed by atoms with E-state index in [-0.39, 0.29) is 38.2 Å². The topological polar surface area (TPSA) is 213 Å². The van der Waals surface area contributed by atoms with Crippen LogP contribution in [0.3, 0.4) is 0 Å². The molecule has 0 spiro atoms. The van der Waals surface area contributed by atoms with Gasteiger partial charge in [-0.3, -0.25) is 9.59 Å². The Morgan fingerprint density at radius 2 is 0.773 bits per heavy atom. The average Bonchev–Trinajstić information content (AvgIpc) is 0.871. The second-order valence-corrected chi connectivity index (χ2v) is 23.7. The van der Waals surface area contributed by atoms with Gasteiger partial charge in [0.2, 0.25) is 23.3 Å². The Bertz CT molecular complexity index is 3280. The summed E-state index contributed by atoms with van der Waals surface area (Å²) in [6.45, 7) is 5.58. The maximum atomic E-state index is 14.7. The van der Waals surface area contributed by atoms with Gasteiger partial charge < -0.3 is 80.9 Å². The van der Waals surface area contributed by atoms with Crippen molar-refractivity contribution in [1.29, 1.82) is 0 Å². The van der Waals surface area contributed by atoms with E-state index in [1.54, 1.807) is 62.5 Å². The van der Waals surface area contributed by atoms with E-state index in [2.05, 4.69) is 0 Å². The number of carbonyl (C=O) groups excluding carboxylic acids is 4. The van der Waals surface area contributed by atoms with Gasteiger partial charge in [0, 0.05) is 13.1 Å². The van der Waals surface area contributed by atoms with Crippen molar-refractivity contribution in [2.45, 2.75) is 127 Å². The summed E-state index contributed by atoms with van der Waals surface area (Å²) in [6.07, 6.45) is 5.26. The number of hydrogen-bond donors (Lipinski definition) is 0. The summed E-state index contributed by atoms with van der Waals surface area (Å²) >= 11 is 0. The minimum absolute atomic E-state index is 0.182. The molecule has 8 rings (SSSR count). The Balaban J connectivity index is 0.919. The van der Waals surface area contributed by atoms with E-state index in [4.69, 9.17) is 71.1 Å². The fraction of sp³-hybridized carbons (Fsp3) is 0.474. The molecule has 2 fully saturated rings. The van der Waals surface area contributed by atoms with E-state index in [1.165, 1.54) is 42.7 Å². The first-order chi connectivity index (χ1) is 47.2. The molecule has 0 aromatic heterocycles. The minimum Gasteiger partial charge on any atom is -0.493 e. The molecule has 6 aromatic carbocycles. The van der Waals surface area contributed by atoms with Crippen molar-refractivity contribution < 1.29 is 90.2 Å². The van der Waals surface area contributed by atoms with Crippen LogP contribution in [0.4, 0.5) is 0 Å². The van der Waals surface area contributed by atoms with E-state index in [0.717, 1.165) is 47.9 Å². The van der Waals surface area contributed by atoms with Gasteiger partial charge in [-0.15, -0.1) is 0 Å². The standard InChI is InChI=1S/C76H96N2O19/c1-13-57(53-45-67(87-7)71(91-11)68(46-53)88-8)73(79)77-35-17-15-25-59(77)75(81)96-61(31-27-49-29-33-63(83-3)65(41-49)85-5)51-21-19-23-55(43-51)94-39-37-93-38-40-95-56-24-20-22-52(44-56)62(32-28-50-30-34-64(84-4)66(42-50)86-6)97-76(82)60-26-16-18-36-78(60)74(80)58(14-2)54-47-69(89-9)72(92-12)70(48-54)90-10/h19-24,29-30,33-34,41-48,57-62H,13-18,25-28,31-32,35-40H2,1-12H3/t57?,58?,59-,60?,61?,62?/m0/s1. The molecule has 0 saturated carbocycles. The van der Waals surface area contributed by atoms with E-state index in [9.17, 15) is 19.2 Å². The lowest BCUT2D eigenvalue weighted by molar-refractivity contribution is -0.162. The first-order valence-corrected chi connectivity index (χ1v) is 33.3. The number of piperidine rings is 2. The number of nitrogens with zero attached hydrogens (tertiary/aromatic N) is 2. The molecule has 0 aliphatic carbocycles. The van der Waals surface area contributed by atoms with E-state index in [1.807, 2.05) is 98.8 Å². The van der Waals surface area contributed by atoms with Crippen molar-refractivity contribution in [3.8, 4) is 69.0 Å². The summed E-state index contributed by atoms with van der Waals surface area (Å²) in [5.41, 5.74) is 4.72. The van der Waals surface area contributed by atoms with Crippen molar-refractivity contribution in [1.82, 2.24) is 9.80 Å². The maximum absolute atomic E-state index is 14.7. The Labute approximate surface area is 570 Å². The fourth-order valence-corrected chi connectivity index (χ4v) is 12.8. The van der Waals surface area contributed by atoms with Crippen molar-refractivity contribution in [3.05, 3.63) is 143 Å². The second kappa shape index (κ2) is 36.8. The zero-order valence-electron chi connectivity index (χ0n) is 58.2. The highest BCUT2D eigenvalue weighted by atomic mass is 16.6. The number of benzene rings is 6. The first kappa shape index (κ1) is 73.6. The number of methoxy groups -OCH3 is 10. The van der Waals surface area contributed by atoms with Crippen LogP contribution in [0.1, 0.15) is 135 Å². The van der Waals surface area contributed by atoms with Crippen molar-refractivity contribution >= 4 is 23.8 Å². The second-order valence-electron chi connectivity index (χ2n) is 23.7. The number of ether oxygens (including phenoxy) is 15. The van der Waals surface area contributed by atoms with Crippen LogP contribution in [0.15, 0.2) is 109 Å². The van der Waals surface area contributed by atoms with Crippen LogP contribution < -0.4 is 56.8 Å². The highest BCUT2D eigenvalue weighted by Crippen LogP contribution is 2.44. The zero-order chi connectivity index (χ0) is 69.4. The van der Waals surface area contributed by atoms with Gasteiger partial charge >= 0.3 is 11.9 Å². The maximum Gasteiger partial charge on any atom is 0.329 e. The monoisotopic (exact) mass is 1340 g/mol. The molecule has 5 unspecified atom stereocenters. The van der Waals surface area contributed by atoms with E-state index < -0.39 is 48.1 Å². The van der Waals surface area contributed by atoms with Crippen LogP contribution in [0.5, 0.6) is 69.0 Å². The van der Waals surface area contributed by atoms with Gasteiger partial charge in [0.25, 0.3) is 0 Å². The molecule has 0 bridgehead atoms. The molecular weight excluding hydrogens is 1240 g/mol. The third-order valence-electron chi connectivity index (χ3n) is 18.0. The third-order valence-corrected chi connectivity index (χ3v) is 18.0. The van der Waals surface area contributed by atoms with Gasteiger partial charge in [-0.05, 0) is 183 Å². The summed E-state index contributed by atoms with van der Waals surface area (Å²) in [5.74, 6) is 3.53. The Kier molecular flexibility index (Phi) is 27.9. The van der Waals surface area contributed by atoms with Crippen LogP contribution in [0.25, 0.3) is 0 Å². The summed E-state index contributed by atoms with van der Waals surface area (Å²) in [7, 11) is 15.6. The van der Waals surface area contributed by atoms with Gasteiger partial charge in [0.05, 0.1) is 96.1 Å². The molecule has 21 nitrogen and oxygen atoms in total. The highest BCUT2D eigenvalue weighted by Gasteiger charge is 2.40. The molecule has 6 atom stereocenters. The molecule has 6 aromatic rings. The SMILES string of the molecule is CCC(C(=O)N1CCCCC1C(=O)OC(CCc1ccc(OC)c(OC)c1)c1cccc(OCCOCCOc2cccc(C(CCc3ccc(OC)c(OC)c3)OC(=O)[C@@H]3CCCCN3C(=O)C(CC)c3cc(OC)c(OC)c(OC)c3)c2)c1)c1cc(OC)c(OC)c(OC)c1. The molecular formula is C76H96N2O19. The molecule has 2 aliphatic rings. The van der Waals surface area contributed by atoms with Crippen LogP contribution in [-0.4, -0.2) is 156 Å². The molecule has 97 heavy (non-hydrogen) atoms. The Hall–Kier alpha value is -9.24. The van der Waals surface area contributed by atoms with Gasteiger partial charge in [0.15, 0.2) is 46.0 Å². The predicted molar refractivity (Wildman–Crippen MR) is 365 cm³/mol. The lowest BCUT2D eigenvalue weighted by Crippen LogP contribution is -2.50. The lowest BCUT2D eigenvalue weighted by atomic mass is 9.91. The summed E-state index contributed by atoms with van der Waals surface area (Å²) in [5, 5.41) is 0. The summed E-state index contributed by atoms with van der Waals surface area (Å²) in [6, 6.07) is 31.9. The zero-order valence-corrected chi connectivity index (χ0v) is 58.2. The molecule has 0 N–H and O–H groups in total. The fourth-order valence-electron chi connectivity index (χ4n) is 12.8. The molecule has 0 radical (unpaired) electrons. The molecule has 2 amide bonds.